The quantitative estimate of drug-likeness (QED) is 0.322. The van der Waals surface area contributed by atoms with Crippen molar-refractivity contribution in [1.29, 1.82) is 0 Å². The van der Waals surface area contributed by atoms with Gasteiger partial charge < -0.3 is 4.74 Å². The summed E-state index contributed by atoms with van der Waals surface area (Å²) in [5.74, 6) is 0.341. The van der Waals surface area contributed by atoms with Gasteiger partial charge in [0, 0.05) is 12.7 Å². The molecule has 1 saturated heterocycles. The number of anilines is 1. The van der Waals surface area contributed by atoms with E-state index < -0.39 is 16.1 Å². The zero-order valence-electron chi connectivity index (χ0n) is 20.7. The van der Waals surface area contributed by atoms with Gasteiger partial charge in [-0.2, -0.15) is 4.31 Å². The van der Waals surface area contributed by atoms with Gasteiger partial charge in [-0.15, -0.1) is 0 Å². The van der Waals surface area contributed by atoms with Gasteiger partial charge in [0.1, 0.15) is 17.3 Å². The van der Waals surface area contributed by atoms with Crippen LogP contribution in [0.4, 0.5) is 5.13 Å². The number of amides is 1. The highest BCUT2D eigenvalue weighted by atomic mass is 32.2. The number of fused-ring (bicyclic) bond motifs is 1. The Morgan fingerprint density at radius 2 is 1.95 bits per heavy atom. The number of thiazole rings is 1. The zero-order chi connectivity index (χ0) is 26.0. The molecule has 8 nitrogen and oxygen atoms in total. The SMILES string of the molecule is CCOc1cccc2sc(N(Cc3ccccn3)C(=O)C3CCCN3S(=O)(=O)c3ccc(C)cc3)nc12. The second kappa shape index (κ2) is 10.6. The average molecular weight is 537 g/mol. The lowest BCUT2D eigenvalue weighted by Crippen LogP contribution is -2.47. The Hall–Kier alpha value is -3.34. The van der Waals surface area contributed by atoms with Crippen LogP contribution in [0.1, 0.15) is 31.0 Å². The summed E-state index contributed by atoms with van der Waals surface area (Å²) in [4.78, 5) is 25.0. The topological polar surface area (TPSA) is 92.7 Å². The molecular weight excluding hydrogens is 508 g/mol. The number of nitrogens with zero attached hydrogens (tertiary/aromatic N) is 4. The van der Waals surface area contributed by atoms with Crippen molar-refractivity contribution < 1.29 is 17.9 Å². The molecule has 2 aromatic heterocycles. The third-order valence-electron chi connectivity index (χ3n) is 6.33. The number of sulfonamides is 1. The van der Waals surface area contributed by atoms with E-state index in [4.69, 9.17) is 9.72 Å². The number of carbonyl (C=O) groups is 1. The predicted molar refractivity (Wildman–Crippen MR) is 144 cm³/mol. The van der Waals surface area contributed by atoms with E-state index in [2.05, 4.69) is 4.98 Å². The van der Waals surface area contributed by atoms with Crippen molar-refractivity contribution in [2.45, 2.75) is 44.2 Å². The van der Waals surface area contributed by atoms with E-state index in [0.29, 0.717) is 48.1 Å². The van der Waals surface area contributed by atoms with Gasteiger partial charge in [0.25, 0.3) is 0 Å². The fraction of sp³-hybridized carbons (Fsp3) is 0.296. The first kappa shape index (κ1) is 25.3. The van der Waals surface area contributed by atoms with Gasteiger partial charge in [-0.25, -0.2) is 13.4 Å². The summed E-state index contributed by atoms with van der Waals surface area (Å²) in [5, 5.41) is 0.484. The minimum atomic E-state index is -3.84. The number of rotatable bonds is 8. The van der Waals surface area contributed by atoms with E-state index in [9.17, 15) is 13.2 Å². The van der Waals surface area contributed by atoms with Crippen LogP contribution >= 0.6 is 11.3 Å². The van der Waals surface area contributed by atoms with Crippen LogP contribution in [0, 0.1) is 6.92 Å². The first-order chi connectivity index (χ1) is 17.9. The Morgan fingerprint density at radius 3 is 2.68 bits per heavy atom. The fourth-order valence-electron chi connectivity index (χ4n) is 4.49. The molecule has 1 fully saturated rings. The molecule has 3 heterocycles. The Morgan fingerprint density at radius 1 is 1.14 bits per heavy atom. The van der Waals surface area contributed by atoms with Crippen LogP contribution in [0.3, 0.4) is 0 Å². The van der Waals surface area contributed by atoms with Crippen LogP contribution in [0.5, 0.6) is 5.75 Å². The van der Waals surface area contributed by atoms with Crippen molar-refractivity contribution in [2.75, 3.05) is 18.1 Å². The van der Waals surface area contributed by atoms with Gasteiger partial charge >= 0.3 is 0 Å². The molecule has 0 aliphatic carbocycles. The summed E-state index contributed by atoms with van der Waals surface area (Å²) in [6.07, 6.45) is 2.72. The molecule has 1 atom stereocenters. The highest BCUT2D eigenvalue weighted by molar-refractivity contribution is 7.89. The molecule has 0 bridgehead atoms. The Labute approximate surface area is 220 Å². The summed E-state index contributed by atoms with van der Waals surface area (Å²) in [5.41, 5.74) is 2.33. The maximum absolute atomic E-state index is 14.1. The van der Waals surface area contributed by atoms with Crippen molar-refractivity contribution >= 4 is 42.6 Å². The molecule has 1 aliphatic rings. The number of aryl methyl sites for hydroxylation is 1. The minimum Gasteiger partial charge on any atom is -0.492 e. The number of pyridine rings is 1. The number of hydrogen-bond donors (Lipinski definition) is 0. The highest BCUT2D eigenvalue weighted by Crippen LogP contribution is 2.36. The summed E-state index contributed by atoms with van der Waals surface area (Å²) < 4.78 is 35.1. The average Bonchev–Trinajstić information content (AvgIpc) is 3.57. The number of benzene rings is 2. The van der Waals surface area contributed by atoms with Crippen molar-refractivity contribution in [2.24, 2.45) is 0 Å². The van der Waals surface area contributed by atoms with Crippen molar-refractivity contribution in [3.05, 3.63) is 78.1 Å². The van der Waals surface area contributed by atoms with Gasteiger partial charge in [-0.3, -0.25) is 14.7 Å². The normalized spacial score (nSPS) is 16.2. The molecule has 37 heavy (non-hydrogen) atoms. The van der Waals surface area contributed by atoms with E-state index in [-0.39, 0.29) is 17.3 Å². The van der Waals surface area contributed by atoms with Crippen molar-refractivity contribution in [1.82, 2.24) is 14.3 Å². The molecule has 0 radical (unpaired) electrons. The predicted octanol–water partition coefficient (Wildman–Crippen LogP) is 4.78. The van der Waals surface area contributed by atoms with Crippen LogP contribution in [0.2, 0.25) is 0 Å². The largest absolute Gasteiger partial charge is 0.492 e. The molecule has 0 spiro atoms. The standard InChI is InChI=1S/C27H28N4O4S2/c1-3-35-23-10-6-11-24-25(23)29-27(36-24)30(18-20-8-4-5-16-28-20)26(32)22-9-7-17-31(22)37(33,34)21-14-12-19(2)13-15-21/h4-6,8,10-16,22H,3,7,9,17-18H2,1-2H3. The van der Waals surface area contributed by atoms with Crippen LogP contribution in [-0.4, -0.2) is 47.8 Å². The summed E-state index contributed by atoms with van der Waals surface area (Å²) in [6.45, 7) is 4.78. The molecule has 4 aromatic rings. The molecule has 1 amide bonds. The fourth-order valence-corrected chi connectivity index (χ4v) is 7.13. The van der Waals surface area contributed by atoms with E-state index in [0.717, 1.165) is 10.3 Å². The van der Waals surface area contributed by atoms with Crippen LogP contribution in [0.15, 0.2) is 71.8 Å². The number of aromatic nitrogens is 2. The van der Waals surface area contributed by atoms with Gasteiger partial charge in [-0.1, -0.05) is 41.2 Å². The molecule has 1 aliphatic heterocycles. The number of hydrogen-bond acceptors (Lipinski definition) is 7. The van der Waals surface area contributed by atoms with Gasteiger partial charge in [0.15, 0.2) is 5.13 Å². The highest BCUT2D eigenvalue weighted by Gasteiger charge is 2.42. The van der Waals surface area contributed by atoms with Gasteiger partial charge in [0.2, 0.25) is 15.9 Å². The van der Waals surface area contributed by atoms with Crippen LogP contribution in [0.25, 0.3) is 10.2 Å². The first-order valence-corrected chi connectivity index (χ1v) is 14.5. The van der Waals surface area contributed by atoms with Crippen LogP contribution in [-0.2, 0) is 21.4 Å². The second-order valence-electron chi connectivity index (χ2n) is 8.86. The van der Waals surface area contributed by atoms with E-state index in [1.54, 1.807) is 35.4 Å². The van der Waals surface area contributed by atoms with E-state index in [1.807, 2.05) is 50.2 Å². The van der Waals surface area contributed by atoms with Gasteiger partial charge in [0.05, 0.1) is 28.4 Å². The Bertz CT molecular complexity index is 1500. The van der Waals surface area contributed by atoms with Crippen molar-refractivity contribution in [3.8, 4) is 5.75 Å². The number of carbonyl (C=O) groups excluding carboxylic acids is 1. The summed E-state index contributed by atoms with van der Waals surface area (Å²) in [6, 6.07) is 17.1. The Balaban J connectivity index is 1.53. The molecule has 192 valence electrons. The molecule has 10 heteroatoms. The van der Waals surface area contributed by atoms with Crippen molar-refractivity contribution in [3.63, 3.8) is 0 Å². The minimum absolute atomic E-state index is 0.179. The summed E-state index contributed by atoms with van der Waals surface area (Å²) >= 11 is 1.38. The van der Waals surface area contributed by atoms with Gasteiger partial charge in [-0.05, 0) is 63.1 Å². The lowest BCUT2D eigenvalue weighted by molar-refractivity contribution is -0.121. The molecule has 0 N–H and O–H groups in total. The third kappa shape index (κ3) is 5.09. The molecule has 5 rings (SSSR count). The third-order valence-corrected chi connectivity index (χ3v) is 9.30. The summed E-state index contributed by atoms with van der Waals surface area (Å²) in [7, 11) is -3.84. The number of para-hydroxylation sites is 1. The molecule has 2 aromatic carbocycles. The van der Waals surface area contributed by atoms with E-state index >= 15 is 0 Å². The lowest BCUT2D eigenvalue weighted by atomic mass is 10.2. The molecular formula is C27H28N4O4S2. The monoisotopic (exact) mass is 536 g/mol. The zero-order valence-corrected chi connectivity index (χ0v) is 22.3. The Kier molecular flexibility index (Phi) is 7.23. The first-order valence-electron chi connectivity index (χ1n) is 12.2. The molecule has 1 unspecified atom stereocenters. The smallest absolute Gasteiger partial charge is 0.247 e. The maximum Gasteiger partial charge on any atom is 0.247 e. The van der Waals surface area contributed by atoms with E-state index in [1.165, 1.54) is 15.6 Å². The maximum atomic E-state index is 14.1. The lowest BCUT2D eigenvalue weighted by Gasteiger charge is -2.28. The second-order valence-corrected chi connectivity index (χ2v) is 11.8. The number of ether oxygens (including phenoxy) is 1. The van der Waals surface area contributed by atoms with Crippen LogP contribution < -0.4 is 9.64 Å². The molecule has 0 saturated carbocycles.